The predicted octanol–water partition coefficient (Wildman–Crippen LogP) is 2.87. The van der Waals surface area contributed by atoms with Crippen LogP contribution in [0.4, 0.5) is 17.1 Å². The number of amides is 2. The quantitative estimate of drug-likeness (QED) is 0.380. The fourth-order valence-corrected chi connectivity index (χ4v) is 1.89. The Morgan fingerprint density at radius 1 is 1.09 bits per heavy atom. The smallest absolute Gasteiger partial charge is 0.314 e. The van der Waals surface area contributed by atoms with E-state index in [0.717, 1.165) is 6.07 Å². The second-order valence-corrected chi connectivity index (χ2v) is 4.94. The molecule has 1 aromatic carbocycles. The van der Waals surface area contributed by atoms with Crippen molar-refractivity contribution in [3.8, 4) is 0 Å². The molecule has 118 valence electrons. The van der Waals surface area contributed by atoms with Gasteiger partial charge in [0.15, 0.2) is 5.15 Å². The second-order valence-electron chi connectivity index (χ2n) is 4.17. The predicted molar refractivity (Wildman–Crippen MR) is 84.6 cm³/mol. The van der Waals surface area contributed by atoms with Crippen LogP contribution in [0.25, 0.3) is 0 Å². The van der Waals surface area contributed by atoms with E-state index in [9.17, 15) is 19.7 Å². The molecule has 2 rings (SSSR count). The van der Waals surface area contributed by atoms with Crippen molar-refractivity contribution in [3.05, 3.63) is 56.8 Å². The molecule has 0 fully saturated rings. The van der Waals surface area contributed by atoms with Crippen LogP contribution in [-0.2, 0) is 9.59 Å². The first-order valence-electron chi connectivity index (χ1n) is 6.05. The minimum Gasteiger partial charge on any atom is -0.316 e. The normalized spacial score (nSPS) is 10.0. The monoisotopic (exact) mass is 354 g/mol. The Kier molecular flexibility index (Phi) is 5.09. The molecule has 1 aromatic heterocycles. The Morgan fingerprint density at radius 3 is 2.35 bits per heavy atom. The first kappa shape index (κ1) is 16.7. The molecule has 2 N–H and O–H groups in total. The molecule has 0 spiro atoms. The molecule has 0 unspecified atom stereocenters. The molecule has 0 saturated heterocycles. The van der Waals surface area contributed by atoms with E-state index in [4.69, 9.17) is 23.2 Å². The third kappa shape index (κ3) is 4.15. The van der Waals surface area contributed by atoms with Crippen molar-refractivity contribution >= 4 is 52.1 Å². The Hall–Kier alpha value is -2.71. The second kappa shape index (κ2) is 7.03. The van der Waals surface area contributed by atoms with E-state index >= 15 is 0 Å². The van der Waals surface area contributed by atoms with Gasteiger partial charge in [-0.2, -0.15) is 0 Å². The van der Waals surface area contributed by atoms with Gasteiger partial charge in [-0.15, -0.1) is 0 Å². The van der Waals surface area contributed by atoms with Crippen molar-refractivity contribution in [1.29, 1.82) is 0 Å². The van der Waals surface area contributed by atoms with Crippen molar-refractivity contribution in [2.45, 2.75) is 0 Å². The maximum atomic E-state index is 11.8. The topological polar surface area (TPSA) is 114 Å². The summed E-state index contributed by atoms with van der Waals surface area (Å²) in [5.41, 5.74) is -0.182. The van der Waals surface area contributed by atoms with Crippen LogP contribution >= 0.6 is 23.2 Å². The number of benzene rings is 1. The summed E-state index contributed by atoms with van der Waals surface area (Å²) in [5, 5.41) is 15.2. The Labute approximate surface area is 139 Å². The highest BCUT2D eigenvalue weighted by Crippen LogP contribution is 2.26. The first-order valence-corrected chi connectivity index (χ1v) is 6.81. The number of rotatable bonds is 3. The number of hydrogen-bond acceptors (Lipinski definition) is 5. The number of nitrogens with one attached hydrogen (secondary N) is 2. The average Bonchev–Trinajstić information content (AvgIpc) is 2.51. The van der Waals surface area contributed by atoms with Gasteiger partial charge in [0, 0.05) is 18.3 Å². The standard InChI is InChI=1S/C13H8Cl2N4O4/c14-8-4-3-7(19(22)23)6-10(8)18-13(21)12(20)17-9-2-1-5-16-11(9)15/h1-6H,(H,17,20)(H,18,21). The molecule has 2 amide bonds. The van der Waals surface area contributed by atoms with E-state index in [1.807, 2.05) is 0 Å². The van der Waals surface area contributed by atoms with Crippen molar-refractivity contribution < 1.29 is 14.5 Å². The molecule has 10 heteroatoms. The molecule has 8 nitrogen and oxygen atoms in total. The van der Waals surface area contributed by atoms with E-state index in [-0.39, 0.29) is 27.2 Å². The zero-order chi connectivity index (χ0) is 17.0. The number of pyridine rings is 1. The van der Waals surface area contributed by atoms with Gasteiger partial charge in [0.25, 0.3) is 5.69 Å². The molecule has 2 aromatic rings. The molecule has 23 heavy (non-hydrogen) atoms. The van der Waals surface area contributed by atoms with Crippen molar-refractivity contribution in [3.63, 3.8) is 0 Å². The summed E-state index contributed by atoms with van der Waals surface area (Å²) in [6.07, 6.45) is 1.42. The lowest BCUT2D eigenvalue weighted by Crippen LogP contribution is -2.29. The van der Waals surface area contributed by atoms with E-state index < -0.39 is 16.7 Å². The van der Waals surface area contributed by atoms with Crippen LogP contribution in [0.2, 0.25) is 10.2 Å². The molecule has 0 aliphatic rings. The number of nitrogens with zero attached hydrogens (tertiary/aromatic N) is 2. The Balaban J connectivity index is 2.13. The zero-order valence-corrected chi connectivity index (χ0v) is 12.8. The Bertz CT molecular complexity index is 797. The summed E-state index contributed by atoms with van der Waals surface area (Å²) in [5.74, 6) is -2.09. The lowest BCUT2D eigenvalue weighted by molar-refractivity contribution is -0.384. The van der Waals surface area contributed by atoms with E-state index in [0.29, 0.717) is 0 Å². The number of halogens is 2. The van der Waals surface area contributed by atoms with Gasteiger partial charge in [0.1, 0.15) is 0 Å². The highest BCUT2D eigenvalue weighted by atomic mass is 35.5. The summed E-state index contributed by atoms with van der Waals surface area (Å²) < 4.78 is 0. The number of nitro benzene ring substituents is 1. The number of aromatic nitrogens is 1. The van der Waals surface area contributed by atoms with Crippen LogP contribution < -0.4 is 10.6 Å². The van der Waals surface area contributed by atoms with Crippen LogP contribution in [0, 0.1) is 10.1 Å². The number of carbonyl (C=O) groups excluding carboxylic acids is 2. The SMILES string of the molecule is O=C(Nc1cc([N+](=O)[O-])ccc1Cl)C(=O)Nc1cccnc1Cl. The van der Waals surface area contributed by atoms with E-state index in [1.54, 1.807) is 0 Å². The number of carbonyl (C=O) groups is 2. The first-order chi connectivity index (χ1) is 10.9. The molecule has 0 atom stereocenters. The minimum atomic E-state index is -1.06. The van der Waals surface area contributed by atoms with Crippen molar-refractivity contribution in [2.75, 3.05) is 10.6 Å². The summed E-state index contributed by atoms with van der Waals surface area (Å²) >= 11 is 11.6. The van der Waals surface area contributed by atoms with Gasteiger partial charge < -0.3 is 10.6 Å². The lowest BCUT2D eigenvalue weighted by Gasteiger charge is -2.08. The molecule has 0 aliphatic carbocycles. The summed E-state index contributed by atoms with van der Waals surface area (Å²) in [6, 6.07) is 6.45. The average molecular weight is 355 g/mol. The molecular formula is C13H8Cl2N4O4. The van der Waals surface area contributed by atoms with Crippen molar-refractivity contribution in [2.24, 2.45) is 0 Å². The van der Waals surface area contributed by atoms with Gasteiger partial charge in [-0.05, 0) is 18.2 Å². The highest BCUT2D eigenvalue weighted by molar-refractivity contribution is 6.45. The minimum absolute atomic E-state index is 0.0158. The maximum Gasteiger partial charge on any atom is 0.314 e. The fraction of sp³-hybridized carbons (Fsp3) is 0. The lowest BCUT2D eigenvalue weighted by atomic mass is 10.2. The largest absolute Gasteiger partial charge is 0.316 e. The summed E-state index contributed by atoms with van der Waals surface area (Å²) in [7, 11) is 0. The van der Waals surface area contributed by atoms with Crippen LogP contribution in [0.5, 0.6) is 0 Å². The number of anilines is 2. The van der Waals surface area contributed by atoms with Crippen LogP contribution in [0.15, 0.2) is 36.5 Å². The third-order valence-corrected chi connectivity index (χ3v) is 3.25. The number of non-ortho nitro benzene ring substituents is 1. The van der Waals surface area contributed by atoms with Gasteiger partial charge in [0.05, 0.1) is 21.3 Å². The van der Waals surface area contributed by atoms with Gasteiger partial charge >= 0.3 is 11.8 Å². The van der Waals surface area contributed by atoms with Gasteiger partial charge in [-0.1, -0.05) is 23.2 Å². The molecule has 1 heterocycles. The third-order valence-electron chi connectivity index (χ3n) is 2.62. The Morgan fingerprint density at radius 2 is 1.74 bits per heavy atom. The highest BCUT2D eigenvalue weighted by Gasteiger charge is 2.18. The van der Waals surface area contributed by atoms with E-state index in [2.05, 4.69) is 15.6 Å². The van der Waals surface area contributed by atoms with Gasteiger partial charge in [-0.3, -0.25) is 19.7 Å². The molecule has 0 radical (unpaired) electrons. The summed E-state index contributed by atoms with van der Waals surface area (Å²) in [4.78, 5) is 37.5. The van der Waals surface area contributed by atoms with Crippen molar-refractivity contribution in [1.82, 2.24) is 4.98 Å². The van der Waals surface area contributed by atoms with Crippen LogP contribution in [0.3, 0.4) is 0 Å². The summed E-state index contributed by atoms with van der Waals surface area (Å²) in [6.45, 7) is 0. The van der Waals surface area contributed by atoms with Crippen LogP contribution in [0.1, 0.15) is 0 Å². The number of hydrogen-bond donors (Lipinski definition) is 2. The number of nitro groups is 1. The molecule has 0 aliphatic heterocycles. The van der Waals surface area contributed by atoms with Gasteiger partial charge in [0.2, 0.25) is 0 Å². The van der Waals surface area contributed by atoms with E-state index in [1.165, 1.54) is 30.5 Å². The molecule has 0 bridgehead atoms. The fourth-order valence-electron chi connectivity index (χ4n) is 1.56. The maximum absolute atomic E-state index is 11.8. The molecule has 0 saturated carbocycles. The van der Waals surface area contributed by atoms with Crippen LogP contribution in [-0.4, -0.2) is 21.7 Å². The molecular weight excluding hydrogens is 347 g/mol. The zero-order valence-electron chi connectivity index (χ0n) is 11.2. The van der Waals surface area contributed by atoms with Gasteiger partial charge in [-0.25, -0.2) is 4.98 Å².